The molecular formula is C18H28N2O3. The second-order valence-corrected chi connectivity index (χ2v) is 6.35. The van der Waals surface area contributed by atoms with E-state index in [0.717, 1.165) is 11.4 Å². The standard InChI is InChI=1S/C18H28N2O3/c1-13(2)12-20(15(5)21)11-10-18(22)19-16-6-8-17(9-7-16)23-14(3)4/h6-9,13-14H,10-12H2,1-5H3,(H,19,22). The fraction of sp³-hybridized carbons (Fsp3) is 0.556. The fourth-order valence-electron chi connectivity index (χ4n) is 2.17. The van der Waals surface area contributed by atoms with E-state index < -0.39 is 0 Å². The number of rotatable bonds is 8. The van der Waals surface area contributed by atoms with E-state index in [4.69, 9.17) is 4.74 Å². The molecule has 0 aliphatic heterocycles. The maximum Gasteiger partial charge on any atom is 0.226 e. The highest BCUT2D eigenvalue weighted by atomic mass is 16.5. The van der Waals surface area contributed by atoms with Crippen molar-refractivity contribution in [2.24, 2.45) is 5.92 Å². The number of hydrogen-bond donors (Lipinski definition) is 1. The van der Waals surface area contributed by atoms with Gasteiger partial charge in [-0.1, -0.05) is 13.8 Å². The van der Waals surface area contributed by atoms with Gasteiger partial charge in [-0.15, -0.1) is 0 Å². The monoisotopic (exact) mass is 320 g/mol. The molecule has 0 aliphatic rings. The van der Waals surface area contributed by atoms with E-state index in [9.17, 15) is 9.59 Å². The first-order valence-corrected chi connectivity index (χ1v) is 8.10. The Morgan fingerprint density at radius 1 is 1.13 bits per heavy atom. The van der Waals surface area contributed by atoms with Crippen LogP contribution in [0.2, 0.25) is 0 Å². The number of hydrogen-bond acceptors (Lipinski definition) is 3. The van der Waals surface area contributed by atoms with E-state index in [1.54, 1.807) is 4.90 Å². The van der Waals surface area contributed by atoms with Crippen molar-refractivity contribution in [3.8, 4) is 5.75 Å². The van der Waals surface area contributed by atoms with Crippen molar-refractivity contribution in [1.82, 2.24) is 4.90 Å². The van der Waals surface area contributed by atoms with Crippen molar-refractivity contribution < 1.29 is 14.3 Å². The summed E-state index contributed by atoms with van der Waals surface area (Å²) >= 11 is 0. The van der Waals surface area contributed by atoms with Gasteiger partial charge in [-0.25, -0.2) is 0 Å². The van der Waals surface area contributed by atoms with Crippen LogP contribution in [0.5, 0.6) is 5.75 Å². The van der Waals surface area contributed by atoms with Crippen LogP contribution in [-0.4, -0.2) is 35.9 Å². The Morgan fingerprint density at radius 2 is 1.74 bits per heavy atom. The van der Waals surface area contributed by atoms with E-state index in [2.05, 4.69) is 19.2 Å². The maximum absolute atomic E-state index is 12.0. The molecule has 0 bridgehead atoms. The van der Waals surface area contributed by atoms with Gasteiger partial charge in [0.25, 0.3) is 0 Å². The van der Waals surface area contributed by atoms with E-state index >= 15 is 0 Å². The van der Waals surface area contributed by atoms with Gasteiger partial charge in [0.05, 0.1) is 6.10 Å². The maximum atomic E-state index is 12.0. The van der Waals surface area contributed by atoms with Gasteiger partial charge in [0, 0.05) is 32.1 Å². The number of ether oxygens (including phenoxy) is 1. The van der Waals surface area contributed by atoms with E-state index in [1.165, 1.54) is 6.92 Å². The largest absolute Gasteiger partial charge is 0.491 e. The van der Waals surface area contributed by atoms with Gasteiger partial charge in [0.2, 0.25) is 11.8 Å². The summed E-state index contributed by atoms with van der Waals surface area (Å²) in [6.45, 7) is 10.7. The molecule has 0 atom stereocenters. The molecule has 0 saturated carbocycles. The van der Waals surface area contributed by atoms with Crippen LogP contribution >= 0.6 is 0 Å². The van der Waals surface area contributed by atoms with Crippen LogP contribution in [0, 0.1) is 5.92 Å². The third kappa shape index (κ3) is 7.68. The number of nitrogens with one attached hydrogen (secondary N) is 1. The molecule has 5 nitrogen and oxygen atoms in total. The number of amides is 2. The van der Waals surface area contributed by atoms with Crippen molar-refractivity contribution >= 4 is 17.5 Å². The Kier molecular flexibility index (Phi) is 7.59. The second kappa shape index (κ2) is 9.18. The van der Waals surface area contributed by atoms with Crippen molar-refractivity contribution in [2.75, 3.05) is 18.4 Å². The molecule has 2 amide bonds. The van der Waals surface area contributed by atoms with Gasteiger partial charge in [-0.3, -0.25) is 9.59 Å². The minimum atomic E-state index is -0.0995. The predicted octanol–water partition coefficient (Wildman–Crippen LogP) is 3.31. The molecule has 1 aromatic carbocycles. The van der Waals surface area contributed by atoms with E-state index in [1.807, 2.05) is 38.1 Å². The molecule has 0 spiro atoms. The minimum Gasteiger partial charge on any atom is -0.491 e. The first kappa shape index (κ1) is 19.0. The van der Waals surface area contributed by atoms with Crippen LogP contribution in [0.1, 0.15) is 41.0 Å². The summed E-state index contributed by atoms with van der Waals surface area (Å²) in [4.78, 5) is 25.3. The third-order valence-corrected chi connectivity index (χ3v) is 3.15. The van der Waals surface area contributed by atoms with Gasteiger partial charge in [-0.2, -0.15) is 0 Å². The highest BCUT2D eigenvalue weighted by Gasteiger charge is 2.12. The SMILES string of the molecule is CC(=O)N(CCC(=O)Nc1ccc(OC(C)C)cc1)CC(C)C. The second-order valence-electron chi connectivity index (χ2n) is 6.35. The molecule has 0 radical (unpaired) electrons. The summed E-state index contributed by atoms with van der Waals surface area (Å²) in [6, 6.07) is 7.28. The Balaban J connectivity index is 2.48. The van der Waals surface area contributed by atoms with Crippen LogP contribution in [-0.2, 0) is 9.59 Å². The molecule has 0 heterocycles. The van der Waals surface area contributed by atoms with Crippen LogP contribution in [0.25, 0.3) is 0 Å². The number of carbonyl (C=O) groups is 2. The lowest BCUT2D eigenvalue weighted by atomic mass is 10.2. The number of carbonyl (C=O) groups excluding carboxylic acids is 2. The molecule has 0 aliphatic carbocycles. The lowest BCUT2D eigenvalue weighted by molar-refractivity contribution is -0.129. The van der Waals surface area contributed by atoms with Crippen LogP contribution < -0.4 is 10.1 Å². The smallest absolute Gasteiger partial charge is 0.226 e. The fourth-order valence-corrected chi connectivity index (χ4v) is 2.17. The van der Waals surface area contributed by atoms with Crippen molar-refractivity contribution in [2.45, 2.75) is 47.1 Å². The summed E-state index contributed by atoms with van der Waals surface area (Å²) < 4.78 is 5.56. The topological polar surface area (TPSA) is 58.6 Å². The summed E-state index contributed by atoms with van der Waals surface area (Å²) in [5, 5.41) is 2.84. The highest BCUT2D eigenvalue weighted by molar-refractivity contribution is 5.91. The van der Waals surface area contributed by atoms with Crippen molar-refractivity contribution in [3.63, 3.8) is 0 Å². The molecule has 0 saturated heterocycles. The molecule has 0 aromatic heterocycles. The summed E-state index contributed by atoms with van der Waals surface area (Å²) in [5.41, 5.74) is 0.726. The zero-order valence-electron chi connectivity index (χ0n) is 14.8. The van der Waals surface area contributed by atoms with Crippen molar-refractivity contribution in [3.05, 3.63) is 24.3 Å². The average Bonchev–Trinajstić information content (AvgIpc) is 2.44. The Morgan fingerprint density at radius 3 is 2.22 bits per heavy atom. The zero-order chi connectivity index (χ0) is 17.4. The van der Waals surface area contributed by atoms with Crippen LogP contribution in [0.3, 0.4) is 0 Å². The molecule has 1 rings (SSSR count). The van der Waals surface area contributed by atoms with Crippen LogP contribution in [0.15, 0.2) is 24.3 Å². The lowest BCUT2D eigenvalue weighted by Gasteiger charge is -2.22. The Labute approximate surface area is 139 Å². The molecule has 128 valence electrons. The summed E-state index contributed by atoms with van der Waals surface area (Å²) in [6.07, 6.45) is 0.408. The quantitative estimate of drug-likeness (QED) is 0.799. The van der Waals surface area contributed by atoms with Gasteiger partial charge in [0.1, 0.15) is 5.75 Å². The number of benzene rings is 1. The van der Waals surface area contributed by atoms with Gasteiger partial charge in [-0.05, 0) is 44.0 Å². The van der Waals surface area contributed by atoms with E-state index in [0.29, 0.717) is 19.0 Å². The normalized spacial score (nSPS) is 10.7. The minimum absolute atomic E-state index is 0.00156. The van der Waals surface area contributed by atoms with Gasteiger partial charge >= 0.3 is 0 Å². The number of anilines is 1. The molecule has 1 N–H and O–H groups in total. The molecule has 0 unspecified atom stereocenters. The lowest BCUT2D eigenvalue weighted by Crippen LogP contribution is -2.34. The van der Waals surface area contributed by atoms with Crippen LogP contribution in [0.4, 0.5) is 5.69 Å². The molecular weight excluding hydrogens is 292 g/mol. The highest BCUT2D eigenvalue weighted by Crippen LogP contribution is 2.17. The van der Waals surface area contributed by atoms with Crippen molar-refractivity contribution in [1.29, 1.82) is 0 Å². The average molecular weight is 320 g/mol. The molecule has 1 aromatic rings. The summed E-state index contributed by atoms with van der Waals surface area (Å²) in [5.74, 6) is 1.06. The first-order chi connectivity index (χ1) is 10.8. The predicted molar refractivity (Wildman–Crippen MR) is 92.5 cm³/mol. The Bertz CT molecular complexity index is 510. The van der Waals surface area contributed by atoms with Gasteiger partial charge < -0.3 is 15.0 Å². The molecule has 23 heavy (non-hydrogen) atoms. The van der Waals surface area contributed by atoms with Gasteiger partial charge in [0.15, 0.2) is 0 Å². The Hall–Kier alpha value is -2.04. The molecule has 5 heteroatoms. The third-order valence-electron chi connectivity index (χ3n) is 3.15. The first-order valence-electron chi connectivity index (χ1n) is 8.10. The molecule has 0 fully saturated rings. The number of nitrogens with zero attached hydrogens (tertiary/aromatic N) is 1. The summed E-state index contributed by atoms with van der Waals surface area (Å²) in [7, 11) is 0. The zero-order valence-corrected chi connectivity index (χ0v) is 14.8. The van der Waals surface area contributed by atoms with E-state index in [-0.39, 0.29) is 24.3 Å².